The van der Waals surface area contributed by atoms with Crippen molar-refractivity contribution in [2.24, 2.45) is 5.73 Å². The van der Waals surface area contributed by atoms with Crippen LogP contribution in [0.5, 0.6) is 0 Å². The highest BCUT2D eigenvalue weighted by Crippen LogP contribution is 2.13. The van der Waals surface area contributed by atoms with Crippen molar-refractivity contribution in [2.45, 2.75) is 6.04 Å². The largest absolute Gasteiger partial charge is 0.353 e. The lowest BCUT2D eigenvalue weighted by molar-refractivity contribution is -0.139. The monoisotopic (exact) mass is 269 g/mol. The molecule has 0 bridgehead atoms. The molecule has 6 heteroatoms. The Labute approximate surface area is 112 Å². The van der Waals surface area contributed by atoms with Crippen molar-refractivity contribution in [3.05, 3.63) is 35.9 Å². The Kier molecular flexibility index (Phi) is 5.12. The van der Waals surface area contributed by atoms with Gasteiger partial charge in [0, 0.05) is 13.1 Å². The zero-order valence-electron chi connectivity index (χ0n) is 9.83. The summed E-state index contributed by atoms with van der Waals surface area (Å²) in [6, 6.07) is 8.48. The SMILES string of the molecule is Cl.NC(C(=O)N1CCNC(=O)C1)c1ccccc1. The highest BCUT2D eigenvalue weighted by atomic mass is 35.5. The molecule has 2 amide bonds. The van der Waals surface area contributed by atoms with E-state index in [1.54, 1.807) is 0 Å². The lowest BCUT2D eigenvalue weighted by Crippen LogP contribution is -2.52. The van der Waals surface area contributed by atoms with Gasteiger partial charge < -0.3 is 16.0 Å². The molecule has 1 saturated heterocycles. The molecule has 1 aromatic carbocycles. The molecule has 0 spiro atoms. The van der Waals surface area contributed by atoms with E-state index in [9.17, 15) is 9.59 Å². The Hall–Kier alpha value is -1.59. The van der Waals surface area contributed by atoms with Gasteiger partial charge in [-0.2, -0.15) is 0 Å². The second-order valence-electron chi connectivity index (χ2n) is 4.00. The molecule has 1 aromatic rings. The number of carbonyl (C=O) groups excluding carboxylic acids is 2. The van der Waals surface area contributed by atoms with Crippen LogP contribution in [0.1, 0.15) is 11.6 Å². The lowest BCUT2D eigenvalue weighted by atomic mass is 10.1. The number of halogens is 1. The number of rotatable bonds is 2. The molecule has 98 valence electrons. The molecule has 1 unspecified atom stereocenters. The van der Waals surface area contributed by atoms with Crippen LogP contribution in [0.4, 0.5) is 0 Å². The number of hydrogen-bond donors (Lipinski definition) is 2. The van der Waals surface area contributed by atoms with Gasteiger partial charge >= 0.3 is 0 Å². The molecular formula is C12H16ClN3O2. The number of amides is 2. The number of nitrogens with one attached hydrogen (secondary N) is 1. The molecule has 3 N–H and O–H groups in total. The van der Waals surface area contributed by atoms with E-state index in [4.69, 9.17) is 5.73 Å². The molecule has 1 aliphatic heterocycles. The Morgan fingerprint density at radius 3 is 2.61 bits per heavy atom. The summed E-state index contributed by atoms with van der Waals surface area (Å²) >= 11 is 0. The molecule has 18 heavy (non-hydrogen) atoms. The van der Waals surface area contributed by atoms with Crippen LogP contribution >= 0.6 is 12.4 Å². The average molecular weight is 270 g/mol. The van der Waals surface area contributed by atoms with Crippen molar-refractivity contribution in [1.82, 2.24) is 10.2 Å². The van der Waals surface area contributed by atoms with E-state index in [1.165, 1.54) is 4.90 Å². The number of benzene rings is 1. The number of hydrogen-bond acceptors (Lipinski definition) is 3. The van der Waals surface area contributed by atoms with E-state index < -0.39 is 6.04 Å². The fraction of sp³-hybridized carbons (Fsp3) is 0.333. The van der Waals surface area contributed by atoms with Crippen molar-refractivity contribution in [3.63, 3.8) is 0 Å². The highest BCUT2D eigenvalue weighted by Gasteiger charge is 2.26. The van der Waals surface area contributed by atoms with E-state index in [2.05, 4.69) is 5.32 Å². The van der Waals surface area contributed by atoms with Crippen LogP contribution in [0.2, 0.25) is 0 Å². The first-order valence-electron chi connectivity index (χ1n) is 5.54. The summed E-state index contributed by atoms with van der Waals surface area (Å²) < 4.78 is 0. The predicted octanol–water partition coefficient (Wildman–Crippen LogP) is 0.0666. The van der Waals surface area contributed by atoms with E-state index in [0.29, 0.717) is 13.1 Å². The summed E-state index contributed by atoms with van der Waals surface area (Å²) in [6.45, 7) is 1.11. The van der Waals surface area contributed by atoms with Crippen LogP contribution in [-0.2, 0) is 9.59 Å². The fourth-order valence-corrected chi connectivity index (χ4v) is 1.83. The zero-order chi connectivity index (χ0) is 12.3. The first-order valence-corrected chi connectivity index (χ1v) is 5.54. The topological polar surface area (TPSA) is 75.4 Å². The van der Waals surface area contributed by atoms with Crippen LogP contribution < -0.4 is 11.1 Å². The fourth-order valence-electron chi connectivity index (χ4n) is 1.83. The molecule has 1 fully saturated rings. The Balaban J connectivity index is 0.00000162. The third-order valence-electron chi connectivity index (χ3n) is 2.77. The maximum atomic E-state index is 12.1. The van der Waals surface area contributed by atoms with Crippen LogP contribution in [-0.4, -0.2) is 36.3 Å². The van der Waals surface area contributed by atoms with Gasteiger partial charge in [0.05, 0.1) is 6.54 Å². The van der Waals surface area contributed by atoms with Crippen molar-refractivity contribution >= 4 is 24.2 Å². The number of carbonyl (C=O) groups is 2. The van der Waals surface area contributed by atoms with Gasteiger partial charge in [-0.15, -0.1) is 12.4 Å². The third kappa shape index (κ3) is 3.21. The van der Waals surface area contributed by atoms with Gasteiger partial charge in [0.25, 0.3) is 0 Å². The number of nitrogens with two attached hydrogens (primary N) is 1. The Morgan fingerprint density at radius 2 is 2.00 bits per heavy atom. The van der Waals surface area contributed by atoms with Crippen LogP contribution in [0.15, 0.2) is 30.3 Å². The molecule has 2 rings (SSSR count). The molecule has 0 aliphatic carbocycles. The van der Waals surface area contributed by atoms with E-state index in [0.717, 1.165) is 5.56 Å². The summed E-state index contributed by atoms with van der Waals surface area (Å²) in [5, 5.41) is 2.67. The van der Waals surface area contributed by atoms with Crippen LogP contribution in [0.25, 0.3) is 0 Å². The van der Waals surface area contributed by atoms with Gasteiger partial charge in [0.1, 0.15) is 6.04 Å². The maximum Gasteiger partial charge on any atom is 0.244 e. The highest BCUT2D eigenvalue weighted by molar-refractivity contribution is 5.89. The minimum atomic E-state index is -0.693. The third-order valence-corrected chi connectivity index (χ3v) is 2.77. The summed E-state index contributed by atoms with van der Waals surface area (Å²) in [4.78, 5) is 24.8. The summed E-state index contributed by atoms with van der Waals surface area (Å²) in [5.74, 6) is -0.337. The molecule has 0 saturated carbocycles. The standard InChI is InChI=1S/C12H15N3O2.ClH/c13-11(9-4-2-1-3-5-9)12(17)15-7-6-14-10(16)8-15;/h1-5,11H,6-8,13H2,(H,14,16);1H. The second-order valence-corrected chi connectivity index (χ2v) is 4.00. The molecule has 1 aliphatic rings. The molecule has 0 aromatic heterocycles. The quantitative estimate of drug-likeness (QED) is 0.798. The first kappa shape index (κ1) is 14.5. The van der Waals surface area contributed by atoms with Crippen LogP contribution in [0.3, 0.4) is 0 Å². The summed E-state index contributed by atoms with van der Waals surface area (Å²) in [6.07, 6.45) is 0. The molecule has 1 heterocycles. The average Bonchev–Trinajstić information content (AvgIpc) is 2.38. The van der Waals surface area contributed by atoms with Gasteiger partial charge in [-0.1, -0.05) is 30.3 Å². The van der Waals surface area contributed by atoms with E-state index in [1.807, 2.05) is 30.3 Å². The van der Waals surface area contributed by atoms with Gasteiger partial charge in [0.15, 0.2) is 0 Å². The molecule has 1 atom stereocenters. The Morgan fingerprint density at radius 1 is 1.33 bits per heavy atom. The maximum absolute atomic E-state index is 12.1. The summed E-state index contributed by atoms with van der Waals surface area (Å²) in [5.41, 5.74) is 6.66. The van der Waals surface area contributed by atoms with E-state index in [-0.39, 0.29) is 30.8 Å². The zero-order valence-corrected chi connectivity index (χ0v) is 10.7. The number of nitrogens with zero attached hydrogens (tertiary/aromatic N) is 1. The predicted molar refractivity (Wildman–Crippen MR) is 70.2 cm³/mol. The van der Waals surface area contributed by atoms with Crippen molar-refractivity contribution < 1.29 is 9.59 Å². The number of piperazine rings is 1. The molecule has 0 radical (unpaired) electrons. The van der Waals surface area contributed by atoms with Gasteiger partial charge in [0.2, 0.25) is 11.8 Å². The van der Waals surface area contributed by atoms with Crippen molar-refractivity contribution in [1.29, 1.82) is 0 Å². The second kappa shape index (κ2) is 6.37. The first-order chi connectivity index (χ1) is 8.18. The smallest absolute Gasteiger partial charge is 0.244 e. The molecular weight excluding hydrogens is 254 g/mol. The Bertz CT molecular complexity index is 425. The van der Waals surface area contributed by atoms with Crippen molar-refractivity contribution in [3.8, 4) is 0 Å². The normalized spacial score (nSPS) is 16.5. The van der Waals surface area contributed by atoms with Gasteiger partial charge in [-0.25, -0.2) is 0 Å². The van der Waals surface area contributed by atoms with Crippen molar-refractivity contribution in [2.75, 3.05) is 19.6 Å². The minimum Gasteiger partial charge on any atom is -0.353 e. The van der Waals surface area contributed by atoms with Crippen LogP contribution in [0, 0.1) is 0 Å². The lowest BCUT2D eigenvalue weighted by Gasteiger charge is -2.29. The van der Waals surface area contributed by atoms with E-state index >= 15 is 0 Å². The summed E-state index contributed by atoms with van der Waals surface area (Å²) in [7, 11) is 0. The minimum absolute atomic E-state index is 0. The molecule has 5 nitrogen and oxygen atoms in total. The van der Waals surface area contributed by atoms with Gasteiger partial charge in [-0.3, -0.25) is 9.59 Å². The van der Waals surface area contributed by atoms with Gasteiger partial charge in [-0.05, 0) is 5.56 Å².